The lowest BCUT2D eigenvalue weighted by atomic mass is 10.1. The zero-order valence-corrected chi connectivity index (χ0v) is 17.6. The molecule has 2 heterocycles. The highest BCUT2D eigenvalue weighted by molar-refractivity contribution is 6.35. The molecule has 7 heteroatoms. The third kappa shape index (κ3) is 5.31. The number of ether oxygens (including phenoxy) is 1. The molecule has 0 aliphatic carbocycles. The van der Waals surface area contributed by atoms with Crippen molar-refractivity contribution in [3.63, 3.8) is 0 Å². The van der Waals surface area contributed by atoms with Gasteiger partial charge in [-0.1, -0.05) is 41.9 Å². The fraction of sp³-hybridized carbons (Fsp3) is 0.318. The second kappa shape index (κ2) is 10.1. The Morgan fingerprint density at radius 1 is 0.966 bits per heavy atom. The van der Waals surface area contributed by atoms with Crippen molar-refractivity contribution in [1.82, 2.24) is 9.88 Å². The first kappa shape index (κ1) is 21.7. The lowest BCUT2D eigenvalue weighted by Crippen LogP contribution is -2.49. The summed E-state index contributed by atoms with van der Waals surface area (Å²) in [4.78, 5) is 8.96. The zero-order chi connectivity index (χ0) is 19.3. The Morgan fingerprint density at radius 2 is 1.69 bits per heavy atom. The predicted molar refractivity (Wildman–Crippen MR) is 121 cm³/mol. The number of anilines is 1. The number of β-amino-alcohol motifs (C(OH)–C–C–N with tert-alkyl or cyclic N) is 1. The van der Waals surface area contributed by atoms with Crippen LogP contribution in [0.5, 0.6) is 5.75 Å². The molecule has 1 unspecified atom stereocenters. The number of rotatable bonds is 6. The molecule has 1 saturated heterocycles. The van der Waals surface area contributed by atoms with Crippen molar-refractivity contribution in [3.8, 4) is 5.75 Å². The highest BCUT2D eigenvalue weighted by Gasteiger charge is 2.20. The van der Waals surface area contributed by atoms with Gasteiger partial charge >= 0.3 is 0 Å². The minimum absolute atomic E-state index is 0. The van der Waals surface area contributed by atoms with Crippen LogP contribution in [0.15, 0.2) is 60.8 Å². The van der Waals surface area contributed by atoms with E-state index in [0.717, 1.165) is 48.5 Å². The first-order valence-corrected chi connectivity index (χ1v) is 9.95. The Labute approximate surface area is 182 Å². The number of hydrogen-bond acceptors (Lipinski definition) is 5. The summed E-state index contributed by atoms with van der Waals surface area (Å²) >= 11 is 6.26. The molecule has 0 saturated carbocycles. The third-order valence-electron chi connectivity index (χ3n) is 5.08. The number of aliphatic hydroxyl groups is 1. The monoisotopic (exact) mass is 433 g/mol. The number of aliphatic hydroxyl groups excluding tert-OH is 1. The Hall–Kier alpha value is -2.05. The molecule has 1 aromatic heterocycles. The van der Waals surface area contributed by atoms with Crippen LogP contribution in [-0.2, 0) is 0 Å². The van der Waals surface area contributed by atoms with Crippen LogP contribution in [0.3, 0.4) is 0 Å². The summed E-state index contributed by atoms with van der Waals surface area (Å²) in [5, 5.41) is 13.1. The van der Waals surface area contributed by atoms with Crippen LogP contribution in [0.2, 0.25) is 5.02 Å². The minimum atomic E-state index is -0.546. The number of aromatic nitrogens is 1. The fourth-order valence-corrected chi connectivity index (χ4v) is 3.83. The van der Waals surface area contributed by atoms with Crippen molar-refractivity contribution < 1.29 is 9.84 Å². The summed E-state index contributed by atoms with van der Waals surface area (Å²) in [5.41, 5.74) is 0. The van der Waals surface area contributed by atoms with Crippen molar-refractivity contribution in [1.29, 1.82) is 0 Å². The highest BCUT2D eigenvalue weighted by Crippen LogP contribution is 2.31. The van der Waals surface area contributed by atoms with Crippen molar-refractivity contribution in [2.45, 2.75) is 6.10 Å². The summed E-state index contributed by atoms with van der Waals surface area (Å²) in [7, 11) is 0. The normalized spacial score (nSPS) is 15.7. The van der Waals surface area contributed by atoms with Gasteiger partial charge in [-0.15, -0.1) is 12.4 Å². The molecule has 154 valence electrons. The number of fused-ring (bicyclic) bond motifs is 1. The molecule has 1 N–H and O–H groups in total. The number of hydrogen-bond donors (Lipinski definition) is 1. The van der Waals surface area contributed by atoms with E-state index in [1.54, 1.807) is 0 Å². The van der Waals surface area contributed by atoms with Gasteiger partial charge in [0.15, 0.2) is 0 Å². The summed E-state index contributed by atoms with van der Waals surface area (Å²) in [6.45, 7) is 4.47. The maximum atomic E-state index is 10.5. The van der Waals surface area contributed by atoms with Gasteiger partial charge in [0.1, 0.15) is 24.3 Å². The van der Waals surface area contributed by atoms with Gasteiger partial charge in [-0.3, -0.25) is 4.90 Å². The summed E-state index contributed by atoms with van der Waals surface area (Å²) in [6, 6.07) is 17.6. The van der Waals surface area contributed by atoms with Crippen molar-refractivity contribution >= 4 is 40.6 Å². The van der Waals surface area contributed by atoms with Gasteiger partial charge in [-0.05, 0) is 24.3 Å². The highest BCUT2D eigenvalue weighted by atomic mass is 35.5. The molecular weight excluding hydrogens is 409 g/mol. The number of pyridine rings is 1. The van der Waals surface area contributed by atoms with E-state index >= 15 is 0 Å². The van der Waals surface area contributed by atoms with E-state index in [-0.39, 0.29) is 19.0 Å². The molecule has 0 bridgehead atoms. The van der Waals surface area contributed by atoms with Crippen LogP contribution >= 0.6 is 24.0 Å². The second-order valence-electron chi connectivity index (χ2n) is 7.03. The van der Waals surface area contributed by atoms with Crippen LogP contribution in [0.25, 0.3) is 10.8 Å². The Balaban J connectivity index is 0.00000240. The van der Waals surface area contributed by atoms with Crippen LogP contribution in [0, 0.1) is 0 Å². The lowest BCUT2D eigenvalue weighted by molar-refractivity contribution is 0.0668. The third-order valence-corrected chi connectivity index (χ3v) is 5.41. The molecular formula is C22H25Cl2N3O2. The van der Waals surface area contributed by atoms with Crippen LogP contribution < -0.4 is 9.64 Å². The topological polar surface area (TPSA) is 48.8 Å². The molecule has 3 aromatic rings. The van der Waals surface area contributed by atoms with Crippen LogP contribution in [0.1, 0.15) is 0 Å². The van der Waals surface area contributed by atoms with Gasteiger partial charge in [-0.25, -0.2) is 4.98 Å². The second-order valence-corrected chi connectivity index (χ2v) is 7.44. The Bertz CT molecular complexity index is 918. The lowest BCUT2D eigenvalue weighted by Gasteiger charge is -2.36. The number of halogens is 2. The van der Waals surface area contributed by atoms with Crippen LogP contribution in [0.4, 0.5) is 5.82 Å². The largest absolute Gasteiger partial charge is 0.490 e. The maximum Gasteiger partial charge on any atom is 0.128 e. The Kier molecular flexibility index (Phi) is 7.56. The predicted octanol–water partition coefficient (Wildman–Crippen LogP) is 3.87. The molecule has 0 radical (unpaired) electrons. The molecule has 5 nitrogen and oxygen atoms in total. The van der Waals surface area contributed by atoms with E-state index in [1.165, 1.54) is 0 Å². The smallest absolute Gasteiger partial charge is 0.128 e. The molecule has 0 amide bonds. The van der Waals surface area contributed by atoms with Gasteiger partial charge in [-0.2, -0.15) is 0 Å². The summed E-state index contributed by atoms with van der Waals surface area (Å²) in [5.74, 6) is 1.76. The van der Waals surface area contributed by atoms with Gasteiger partial charge in [0.25, 0.3) is 0 Å². The van der Waals surface area contributed by atoms with Crippen molar-refractivity contribution in [2.24, 2.45) is 0 Å². The Morgan fingerprint density at radius 3 is 2.41 bits per heavy atom. The minimum Gasteiger partial charge on any atom is -0.490 e. The van der Waals surface area contributed by atoms with Crippen LogP contribution in [-0.4, -0.2) is 60.4 Å². The molecule has 1 aliphatic rings. The van der Waals surface area contributed by atoms with E-state index < -0.39 is 6.10 Å². The summed E-state index contributed by atoms with van der Waals surface area (Å²) < 4.78 is 5.91. The van der Waals surface area contributed by atoms with E-state index in [9.17, 15) is 5.11 Å². The van der Waals surface area contributed by atoms with E-state index in [0.29, 0.717) is 11.6 Å². The standard InChI is InChI=1S/C22H24ClN3O2.ClH/c23-20-8-9-21(19-6-2-1-5-18(19)20)28-16-17(27)15-25-11-13-26(14-12-25)22-7-3-4-10-24-22;/h1-10,17,27H,11-16H2;1H. The van der Waals surface area contributed by atoms with E-state index in [4.69, 9.17) is 16.3 Å². The number of nitrogens with zero attached hydrogens (tertiary/aromatic N) is 3. The van der Waals surface area contributed by atoms with Gasteiger partial charge in [0.05, 0.1) is 0 Å². The first-order chi connectivity index (χ1) is 13.7. The van der Waals surface area contributed by atoms with E-state index in [1.807, 2.05) is 60.8 Å². The number of piperazine rings is 1. The molecule has 1 atom stereocenters. The fourth-order valence-electron chi connectivity index (χ4n) is 3.60. The molecule has 4 rings (SSSR count). The van der Waals surface area contributed by atoms with Crippen molar-refractivity contribution in [3.05, 3.63) is 65.8 Å². The zero-order valence-electron chi connectivity index (χ0n) is 16.1. The summed E-state index contributed by atoms with van der Waals surface area (Å²) in [6.07, 6.45) is 1.28. The van der Waals surface area contributed by atoms with Gasteiger partial charge in [0, 0.05) is 54.7 Å². The average molecular weight is 434 g/mol. The molecule has 2 aromatic carbocycles. The molecule has 29 heavy (non-hydrogen) atoms. The van der Waals surface area contributed by atoms with Gasteiger partial charge in [0.2, 0.25) is 0 Å². The SMILES string of the molecule is Cl.OC(COc1ccc(Cl)c2ccccc12)CN1CCN(c2ccccn2)CC1. The molecule has 1 fully saturated rings. The number of benzene rings is 2. The quantitative estimate of drug-likeness (QED) is 0.639. The maximum absolute atomic E-state index is 10.5. The molecule has 0 spiro atoms. The van der Waals surface area contributed by atoms with Gasteiger partial charge < -0.3 is 14.7 Å². The molecule has 1 aliphatic heterocycles. The van der Waals surface area contributed by atoms with E-state index in [2.05, 4.69) is 14.8 Å². The van der Waals surface area contributed by atoms with Crippen molar-refractivity contribution in [2.75, 3.05) is 44.2 Å². The average Bonchev–Trinajstić information content (AvgIpc) is 2.75. The first-order valence-electron chi connectivity index (χ1n) is 9.57.